The van der Waals surface area contributed by atoms with Crippen LogP contribution in [0.2, 0.25) is 0 Å². The van der Waals surface area contributed by atoms with Gasteiger partial charge in [0.1, 0.15) is 11.7 Å². The van der Waals surface area contributed by atoms with Gasteiger partial charge < -0.3 is 5.73 Å². The number of rotatable bonds is 2. The normalized spacial score (nSPS) is 10.3. The molecule has 0 aliphatic carbocycles. The van der Waals surface area contributed by atoms with Crippen molar-refractivity contribution in [1.82, 2.24) is 9.78 Å². The molecule has 0 spiro atoms. The molecule has 6 heteroatoms. The highest BCUT2D eigenvalue weighted by Gasteiger charge is 2.09. The van der Waals surface area contributed by atoms with E-state index in [0.29, 0.717) is 11.4 Å². The quantitative estimate of drug-likeness (QED) is 0.611. The lowest BCUT2D eigenvalue weighted by atomic mass is 10.2. The molecule has 5 nitrogen and oxygen atoms in total. The standard InChI is InChI=1S/C12H11FN4O/c1-7-6-10(18)11(12(14)15)16-17(7)9-4-2-8(13)3-5-9/h2-6H,1H3,(H3,14,15). The maximum atomic E-state index is 12.8. The van der Waals surface area contributed by atoms with E-state index in [0.717, 1.165) is 0 Å². The van der Waals surface area contributed by atoms with Crippen LogP contribution in [0.3, 0.4) is 0 Å². The number of nitrogens with two attached hydrogens (primary N) is 1. The molecular weight excluding hydrogens is 235 g/mol. The summed E-state index contributed by atoms with van der Waals surface area (Å²) in [6.07, 6.45) is 0. The molecule has 1 heterocycles. The van der Waals surface area contributed by atoms with E-state index in [4.69, 9.17) is 11.1 Å². The number of nitrogens with one attached hydrogen (secondary N) is 1. The minimum Gasteiger partial charge on any atom is -0.382 e. The average Bonchev–Trinajstić information content (AvgIpc) is 2.30. The van der Waals surface area contributed by atoms with Crippen LogP contribution in [0.5, 0.6) is 0 Å². The summed E-state index contributed by atoms with van der Waals surface area (Å²) in [5, 5.41) is 11.3. The van der Waals surface area contributed by atoms with Crippen LogP contribution in [0.15, 0.2) is 35.1 Å². The third-order valence-electron chi connectivity index (χ3n) is 2.43. The Bertz CT molecular complexity index is 661. The van der Waals surface area contributed by atoms with Gasteiger partial charge in [-0.25, -0.2) is 9.07 Å². The van der Waals surface area contributed by atoms with Crippen LogP contribution in [-0.4, -0.2) is 15.6 Å². The lowest BCUT2D eigenvalue weighted by Gasteiger charge is -2.10. The summed E-state index contributed by atoms with van der Waals surface area (Å²) in [6, 6.07) is 6.99. The fraction of sp³-hybridized carbons (Fsp3) is 0.0833. The van der Waals surface area contributed by atoms with Gasteiger partial charge in [0.25, 0.3) is 0 Å². The molecule has 0 saturated carbocycles. The highest BCUT2D eigenvalue weighted by Crippen LogP contribution is 2.09. The molecular formula is C12H11FN4O. The van der Waals surface area contributed by atoms with Crippen LogP contribution in [-0.2, 0) is 0 Å². The largest absolute Gasteiger partial charge is 0.382 e. The molecule has 0 radical (unpaired) electrons. The van der Waals surface area contributed by atoms with Crippen LogP contribution >= 0.6 is 0 Å². The molecule has 0 aliphatic rings. The second-order valence-corrected chi connectivity index (χ2v) is 3.80. The molecule has 2 aromatic rings. The monoisotopic (exact) mass is 246 g/mol. The molecule has 0 fully saturated rings. The summed E-state index contributed by atoms with van der Waals surface area (Å²) < 4.78 is 14.3. The number of nitrogens with zero attached hydrogens (tertiary/aromatic N) is 2. The third-order valence-corrected chi connectivity index (χ3v) is 2.43. The van der Waals surface area contributed by atoms with E-state index in [9.17, 15) is 9.18 Å². The minimum absolute atomic E-state index is 0.120. The number of hydrogen-bond acceptors (Lipinski definition) is 3. The number of aromatic nitrogens is 2. The number of hydrogen-bond donors (Lipinski definition) is 2. The molecule has 0 unspecified atom stereocenters. The SMILES string of the molecule is Cc1cc(=O)c(C(=N)N)nn1-c1ccc(F)cc1. The summed E-state index contributed by atoms with van der Waals surface area (Å²) in [7, 11) is 0. The molecule has 1 aromatic heterocycles. The number of halogens is 1. The molecule has 3 N–H and O–H groups in total. The molecule has 0 atom stereocenters. The first-order valence-electron chi connectivity index (χ1n) is 5.20. The first-order valence-corrected chi connectivity index (χ1v) is 5.20. The van der Waals surface area contributed by atoms with E-state index < -0.39 is 11.3 Å². The van der Waals surface area contributed by atoms with Gasteiger partial charge in [-0.2, -0.15) is 5.10 Å². The molecule has 0 saturated heterocycles. The van der Waals surface area contributed by atoms with Crippen LogP contribution < -0.4 is 11.2 Å². The molecule has 92 valence electrons. The number of amidine groups is 1. The topological polar surface area (TPSA) is 84.8 Å². The second kappa shape index (κ2) is 4.40. The van der Waals surface area contributed by atoms with Crippen molar-refractivity contribution < 1.29 is 4.39 Å². The Balaban J connectivity index is 2.64. The zero-order valence-electron chi connectivity index (χ0n) is 9.64. The van der Waals surface area contributed by atoms with Crippen LogP contribution in [0.1, 0.15) is 11.4 Å². The maximum absolute atomic E-state index is 12.8. The number of aryl methyl sites for hydroxylation is 1. The Labute approximate surface area is 102 Å². The van der Waals surface area contributed by atoms with Crippen molar-refractivity contribution in [2.75, 3.05) is 0 Å². The number of nitrogen functional groups attached to an aromatic ring is 1. The number of benzene rings is 1. The molecule has 0 bridgehead atoms. The molecule has 2 rings (SSSR count). The van der Waals surface area contributed by atoms with Gasteiger partial charge in [0.05, 0.1) is 5.69 Å². The van der Waals surface area contributed by atoms with Crippen LogP contribution in [0, 0.1) is 18.2 Å². The fourth-order valence-electron chi connectivity index (χ4n) is 1.58. The predicted octanol–water partition coefficient (Wildman–Crippen LogP) is 0.964. The van der Waals surface area contributed by atoms with Crippen molar-refractivity contribution in [2.45, 2.75) is 6.92 Å². The Hall–Kier alpha value is -2.50. The second-order valence-electron chi connectivity index (χ2n) is 3.80. The molecule has 18 heavy (non-hydrogen) atoms. The Morgan fingerprint density at radius 2 is 2.00 bits per heavy atom. The van der Waals surface area contributed by atoms with Gasteiger partial charge >= 0.3 is 0 Å². The van der Waals surface area contributed by atoms with Gasteiger partial charge in [-0.1, -0.05) is 0 Å². The van der Waals surface area contributed by atoms with Crippen LogP contribution in [0.4, 0.5) is 4.39 Å². The smallest absolute Gasteiger partial charge is 0.211 e. The highest BCUT2D eigenvalue weighted by atomic mass is 19.1. The molecule has 0 amide bonds. The van der Waals surface area contributed by atoms with Crippen molar-refractivity contribution >= 4 is 5.84 Å². The summed E-state index contributed by atoms with van der Waals surface area (Å²) in [5.74, 6) is -0.750. The van der Waals surface area contributed by atoms with E-state index in [-0.39, 0.29) is 11.5 Å². The van der Waals surface area contributed by atoms with Gasteiger partial charge in [-0.15, -0.1) is 0 Å². The van der Waals surface area contributed by atoms with Gasteiger partial charge in [0, 0.05) is 11.8 Å². The maximum Gasteiger partial charge on any atom is 0.211 e. The summed E-state index contributed by atoms with van der Waals surface area (Å²) >= 11 is 0. The van der Waals surface area contributed by atoms with Crippen molar-refractivity contribution in [2.24, 2.45) is 5.73 Å². The Morgan fingerprint density at radius 1 is 1.39 bits per heavy atom. The zero-order valence-corrected chi connectivity index (χ0v) is 9.64. The van der Waals surface area contributed by atoms with Gasteiger partial charge in [0.15, 0.2) is 5.69 Å². The lowest BCUT2D eigenvalue weighted by Crippen LogP contribution is -2.27. The lowest BCUT2D eigenvalue weighted by molar-refractivity contribution is 0.626. The summed E-state index contributed by atoms with van der Waals surface area (Å²) in [4.78, 5) is 11.6. The van der Waals surface area contributed by atoms with Crippen molar-refractivity contribution in [3.63, 3.8) is 0 Å². The van der Waals surface area contributed by atoms with E-state index in [2.05, 4.69) is 5.10 Å². The average molecular weight is 246 g/mol. The van der Waals surface area contributed by atoms with Crippen LogP contribution in [0.25, 0.3) is 5.69 Å². The first kappa shape index (κ1) is 12.0. The van der Waals surface area contributed by atoms with Crippen molar-refractivity contribution in [3.05, 3.63) is 57.8 Å². The Morgan fingerprint density at radius 3 is 2.56 bits per heavy atom. The first-order chi connectivity index (χ1) is 8.49. The van der Waals surface area contributed by atoms with Gasteiger partial charge in [-0.05, 0) is 31.2 Å². The van der Waals surface area contributed by atoms with E-state index in [1.54, 1.807) is 6.92 Å². The van der Waals surface area contributed by atoms with Gasteiger partial charge in [-0.3, -0.25) is 10.2 Å². The van der Waals surface area contributed by atoms with E-state index in [1.165, 1.54) is 35.0 Å². The van der Waals surface area contributed by atoms with E-state index >= 15 is 0 Å². The van der Waals surface area contributed by atoms with E-state index in [1.807, 2.05) is 0 Å². The predicted molar refractivity (Wildman–Crippen MR) is 65.5 cm³/mol. The fourth-order valence-corrected chi connectivity index (χ4v) is 1.58. The van der Waals surface area contributed by atoms with Gasteiger partial charge in [0.2, 0.25) is 5.43 Å². The molecule has 1 aromatic carbocycles. The third kappa shape index (κ3) is 2.13. The molecule has 0 aliphatic heterocycles. The summed E-state index contributed by atoms with van der Waals surface area (Å²) in [5.41, 5.74) is 5.93. The zero-order chi connectivity index (χ0) is 13.3. The van der Waals surface area contributed by atoms with Crippen molar-refractivity contribution in [1.29, 1.82) is 5.41 Å². The summed E-state index contributed by atoms with van der Waals surface area (Å²) in [6.45, 7) is 1.70. The highest BCUT2D eigenvalue weighted by molar-refractivity contribution is 5.92. The minimum atomic E-state index is -0.404. The van der Waals surface area contributed by atoms with Crippen molar-refractivity contribution in [3.8, 4) is 5.69 Å². The Kier molecular flexibility index (Phi) is 2.93.